The van der Waals surface area contributed by atoms with Crippen LogP contribution in [0.2, 0.25) is 0 Å². The topological polar surface area (TPSA) is 72.7 Å². The third-order valence-corrected chi connectivity index (χ3v) is 4.95. The minimum atomic E-state index is -0.352. The number of carbonyl (C=O) groups excluding carboxylic acids is 1. The second-order valence-corrected chi connectivity index (χ2v) is 6.84. The molecule has 0 saturated heterocycles. The molecule has 1 amide bonds. The van der Waals surface area contributed by atoms with Gasteiger partial charge in [-0.1, -0.05) is 30.0 Å². The van der Waals surface area contributed by atoms with Crippen molar-refractivity contribution in [2.75, 3.05) is 11.1 Å². The van der Waals surface area contributed by atoms with Crippen LogP contribution in [0.4, 0.5) is 10.1 Å². The largest absolute Gasteiger partial charge is 0.325 e. The molecule has 0 bridgehead atoms. The summed E-state index contributed by atoms with van der Waals surface area (Å²) in [5, 5.41) is 14.9. The van der Waals surface area contributed by atoms with Crippen LogP contribution in [0, 0.1) is 26.6 Å². The number of hydrogen-bond acceptors (Lipinski definition) is 5. The average Bonchev–Trinajstić information content (AvgIpc) is 3.07. The monoisotopic (exact) mass is 371 g/mol. The van der Waals surface area contributed by atoms with E-state index in [-0.39, 0.29) is 17.5 Å². The van der Waals surface area contributed by atoms with E-state index in [0.29, 0.717) is 16.4 Å². The van der Waals surface area contributed by atoms with Crippen LogP contribution in [0.3, 0.4) is 0 Å². The van der Waals surface area contributed by atoms with Gasteiger partial charge in [0.05, 0.1) is 11.4 Å². The Bertz CT molecular complexity index is 957. The molecule has 3 rings (SSSR count). The minimum absolute atomic E-state index is 0.112. The summed E-state index contributed by atoms with van der Waals surface area (Å²) in [6.45, 7) is 5.69. The number of anilines is 1. The molecule has 134 valence electrons. The SMILES string of the molecule is Cc1ccc(NC(=O)CSc2nnnn2-c2cccc(C)c2C)cc1F. The number of hydrogen-bond donors (Lipinski definition) is 1. The molecular weight excluding hydrogens is 353 g/mol. The second kappa shape index (κ2) is 7.65. The Morgan fingerprint density at radius 2 is 2.00 bits per heavy atom. The summed E-state index contributed by atoms with van der Waals surface area (Å²) in [5.41, 5.74) is 4.03. The number of amides is 1. The maximum absolute atomic E-state index is 13.6. The number of rotatable bonds is 5. The minimum Gasteiger partial charge on any atom is -0.325 e. The van der Waals surface area contributed by atoms with E-state index < -0.39 is 0 Å². The van der Waals surface area contributed by atoms with Gasteiger partial charge in [-0.15, -0.1) is 5.10 Å². The fourth-order valence-electron chi connectivity index (χ4n) is 2.38. The highest BCUT2D eigenvalue weighted by molar-refractivity contribution is 7.99. The Balaban J connectivity index is 1.69. The Kier molecular flexibility index (Phi) is 5.32. The molecule has 0 unspecified atom stereocenters. The smallest absolute Gasteiger partial charge is 0.234 e. The molecule has 6 nitrogen and oxygen atoms in total. The predicted octanol–water partition coefficient (Wildman–Crippen LogP) is 3.46. The van der Waals surface area contributed by atoms with Crippen LogP contribution in [-0.4, -0.2) is 31.9 Å². The molecule has 8 heteroatoms. The van der Waals surface area contributed by atoms with E-state index in [0.717, 1.165) is 16.8 Å². The van der Waals surface area contributed by atoms with Gasteiger partial charge in [-0.2, -0.15) is 4.68 Å². The maximum atomic E-state index is 13.6. The number of nitrogens with zero attached hydrogens (tertiary/aromatic N) is 4. The van der Waals surface area contributed by atoms with Gasteiger partial charge in [0.1, 0.15) is 5.82 Å². The van der Waals surface area contributed by atoms with Gasteiger partial charge >= 0.3 is 0 Å². The highest BCUT2D eigenvalue weighted by Gasteiger charge is 2.14. The highest BCUT2D eigenvalue weighted by Crippen LogP contribution is 2.22. The van der Waals surface area contributed by atoms with Gasteiger partial charge in [0.15, 0.2) is 0 Å². The summed E-state index contributed by atoms with van der Waals surface area (Å²) in [4.78, 5) is 12.1. The van der Waals surface area contributed by atoms with E-state index in [9.17, 15) is 9.18 Å². The van der Waals surface area contributed by atoms with Crippen LogP contribution in [-0.2, 0) is 4.79 Å². The van der Waals surface area contributed by atoms with Crippen LogP contribution in [0.5, 0.6) is 0 Å². The van der Waals surface area contributed by atoms with Crippen molar-refractivity contribution in [3.8, 4) is 5.69 Å². The van der Waals surface area contributed by atoms with Gasteiger partial charge < -0.3 is 5.32 Å². The Morgan fingerprint density at radius 1 is 1.19 bits per heavy atom. The summed E-state index contributed by atoms with van der Waals surface area (Å²) < 4.78 is 15.2. The summed E-state index contributed by atoms with van der Waals surface area (Å²) in [6, 6.07) is 10.5. The quantitative estimate of drug-likeness (QED) is 0.696. The van der Waals surface area contributed by atoms with Crippen molar-refractivity contribution in [1.29, 1.82) is 0 Å². The first-order valence-electron chi connectivity index (χ1n) is 7.99. The number of aryl methyl sites for hydroxylation is 2. The lowest BCUT2D eigenvalue weighted by Crippen LogP contribution is -2.15. The number of aromatic nitrogens is 4. The van der Waals surface area contributed by atoms with Crippen molar-refractivity contribution in [3.05, 3.63) is 58.9 Å². The van der Waals surface area contributed by atoms with E-state index in [4.69, 9.17) is 0 Å². The summed E-state index contributed by atoms with van der Waals surface area (Å²) in [6.07, 6.45) is 0. The van der Waals surface area contributed by atoms with Crippen LogP contribution in [0.25, 0.3) is 5.69 Å². The fourth-order valence-corrected chi connectivity index (χ4v) is 3.07. The number of carbonyl (C=O) groups is 1. The average molecular weight is 371 g/mol. The van der Waals surface area contributed by atoms with Crippen molar-refractivity contribution >= 4 is 23.4 Å². The van der Waals surface area contributed by atoms with Gasteiger partial charge in [-0.25, -0.2) is 4.39 Å². The first kappa shape index (κ1) is 18.1. The summed E-state index contributed by atoms with van der Waals surface area (Å²) in [7, 11) is 0. The fraction of sp³-hybridized carbons (Fsp3) is 0.222. The van der Waals surface area contributed by atoms with Crippen LogP contribution in [0.15, 0.2) is 41.6 Å². The zero-order valence-corrected chi connectivity index (χ0v) is 15.5. The van der Waals surface area contributed by atoms with Gasteiger partial charge in [-0.05, 0) is 66.1 Å². The van der Waals surface area contributed by atoms with Crippen LogP contribution >= 0.6 is 11.8 Å². The van der Waals surface area contributed by atoms with E-state index in [1.807, 2.05) is 32.0 Å². The third kappa shape index (κ3) is 3.91. The van der Waals surface area contributed by atoms with Crippen molar-refractivity contribution in [3.63, 3.8) is 0 Å². The van der Waals surface area contributed by atoms with Crippen molar-refractivity contribution in [1.82, 2.24) is 20.2 Å². The normalized spacial score (nSPS) is 10.8. The molecule has 3 aromatic rings. The Morgan fingerprint density at radius 3 is 2.77 bits per heavy atom. The van der Waals surface area contributed by atoms with Crippen molar-refractivity contribution < 1.29 is 9.18 Å². The molecule has 2 aromatic carbocycles. The molecule has 26 heavy (non-hydrogen) atoms. The van der Waals surface area contributed by atoms with Crippen molar-refractivity contribution in [2.45, 2.75) is 25.9 Å². The molecular formula is C18H18FN5OS. The molecule has 0 radical (unpaired) electrons. The molecule has 0 aliphatic carbocycles. The number of tetrazole rings is 1. The Hall–Kier alpha value is -2.74. The first-order chi connectivity index (χ1) is 12.5. The van der Waals surface area contributed by atoms with Gasteiger partial charge in [-0.3, -0.25) is 4.79 Å². The Labute approximate surface area is 154 Å². The zero-order chi connectivity index (χ0) is 18.7. The van der Waals surface area contributed by atoms with Gasteiger partial charge in [0.2, 0.25) is 11.1 Å². The summed E-state index contributed by atoms with van der Waals surface area (Å²) in [5.74, 6) is -0.496. The molecule has 0 saturated carbocycles. The number of thioether (sulfide) groups is 1. The molecule has 0 spiro atoms. The third-order valence-electron chi connectivity index (χ3n) is 4.03. The van der Waals surface area contributed by atoms with Crippen LogP contribution < -0.4 is 5.32 Å². The molecule has 1 aromatic heterocycles. The van der Waals surface area contributed by atoms with Gasteiger partial charge in [0.25, 0.3) is 0 Å². The second-order valence-electron chi connectivity index (χ2n) is 5.89. The molecule has 1 heterocycles. The van der Waals surface area contributed by atoms with Gasteiger partial charge in [0, 0.05) is 5.69 Å². The summed E-state index contributed by atoms with van der Waals surface area (Å²) >= 11 is 1.22. The maximum Gasteiger partial charge on any atom is 0.234 e. The van der Waals surface area contributed by atoms with Crippen LogP contribution in [0.1, 0.15) is 16.7 Å². The standard InChI is InChI=1S/C18H18FN5OS/c1-11-5-4-6-16(13(11)3)24-18(21-22-23-24)26-10-17(25)20-14-8-7-12(2)15(19)9-14/h4-9H,10H2,1-3H3,(H,20,25). The molecule has 0 aliphatic rings. The molecule has 0 fully saturated rings. The first-order valence-corrected chi connectivity index (χ1v) is 8.98. The lowest BCUT2D eigenvalue weighted by atomic mass is 10.1. The molecule has 0 atom stereocenters. The predicted molar refractivity (Wildman–Crippen MR) is 99.1 cm³/mol. The van der Waals surface area contributed by atoms with E-state index in [1.54, 1.807) is 23.7 Å². The van der Waals surface area contributed by atoms with E-state index in [1.165, 1.54) is 17.8 Å². The van der Waals surface area contributed by atoms with E-state index in [2.05, 4.69) is 20.8 Å². The van der Waals surface area contributed by atoms with E-state index >= 15 is 0 Å². The number of nitrogens with one attached hydrogen (secondary N) is 1. The lowest BCUT2D eigenvalue weighted by molar-refractivity contribution is -0.113. The van der Waals surface area contributed by atoms with Crippen molar-refractivity contribution in [2.24, 2.45) is 0 Å². The zero-order valence-electron chi connectivity index (χ0n) is 14.7. The lowest BCUT2D eigenvalue weighted by Gasteiger charge is -2.09. The molecule has 1 N–H and O–H groups in total. The highest BCUT2D eigenvalue weighted by atomic mass is 32.2. The number of benzene rings is 2. The molecule has 0 aliphatic heterocycles. The number of halogens is 1.